The van der Waals surface area contributed by atoms with Gasteiger partial charge in [0, 0.05) is 39.3 Å². The Morgan fingerprint density at radius 2 is 1.17 bits per heavy atom. The highest BCUT2D eigenvalue weighted by molar-refractivity contribution is 6.11. The normalized spacial score (nSPS) is 17.8. The Labute approximate surface area is 271 Å². The molecule has 3 atom stereocenters. The molecule has 3 unspecified atom stereocenters. The molecule has 1 heterocycles. The van der Waals surface area contributed by atoms with E-state index in [-0.39, 0.29) is 0 Å². The highest BCUT2D eigenvalue weighted by Crippen LogP contribution is 2.44. The summed E-state index contributed by atoms with van der Waals surface area (Å²) in [6.45, 7) is 4.78. The zero-order valence-corrected chi connectivity index (χ0v) is 26.3. The highest BCUT2D eigenvalue weighted by atomic mass is 16.3. The van der Waals surface area contributed by atoms with Crippen molar-refractivity contribution in [2.45, 2.75) is 26.2 Å². The third-order valence-electron chi connectivity index (χ3n) is 9.87. The Morgan fingerprint density at radius 1 is 0.565 bits per heavy atom. The van der Waals surface area contributed by atoms with Gasteiger partial charge in [0.1, 0.15) is 11.2 Å². The Balaban J connectivity index is 1.23. The van der Waals surface area contributed by atoms with Crippen LogP contribution in [0.2, 0.25) is 0 Å². The van der Waals surface area contributed by atoms with E-state index in [4.69, 9.17) is 4.42 Å². The lowest BCUT2D eigenvalue weighted by atomic mass is 9.74. The first-order valence-corrected chi connectivity index (χ1v) is 16.4. The van der Waals surface area contributed by atoms with Gasteiger partial charge < -0.3 is 9.32 Å². The lowest BCUT2D eigenvalue weighted by molar-refractivity contribution is 0.344. The third kappa shape index (κ3) is 5.10. The first-order valence-electron chi connectivity index (χ1n) is 16.4. The van der Waals surface area contributed by atoms with Crippen molar-refractivity contribution >= 4 is 39.0 Å². The van der Waals surface area contributed by atoms with Crippen molar-refractivity contribution in [3.8, 4) is 22.3 Å². The van der Waals surface area contributed by atoms with Crippen LogP contribution in [0, 0.1) is 11.8 Å². The van der Waals surface area contributed by atoms with E-state index in [1.54, 1.807) is 0 Å². The molecular weight excluding hydrogens is 558 g/mol. The molecular formula is C44H37NO. The fourth-order valence-electron chi connectivity index (χ4n) is 7.11. The largest absolute Gasteiger partial charge is 0.455 e. The zero-order chi connectivity index (χ0) is 31.0. The Morgan fingerprint density at radius 3 is 1.85 bits per heavy atom. The quantitative estimate of drug-likeness (QED) is 0.178. The molecule has 1 aliphatic rings. The second-order valence-corrected chi connectivity index (χ2v) is 12.7. The molecule has 1 aliphatic carbocycles. The molecule has 2 nitrogen and oxygen atoms in total. The second kappa shape index (κ2) is 11.9. The summed E-state index contributed by atoms with van der Waals surface area (Å²) >= 11 is 0. The summed E-state index contributed by atoms with van der Waals surface area (Å²) in [5, 5.41) is 2.34. The molecule has 224 valence electrons. The van der Waals surface area contributed by atoms with Crippen LogP contribution in [0.25, 0.3) is 44.2 Å². The van der Waals surface area contributed by atoms with Gasteiger partial charge in [-0.05, 0) is 101 Å². The molecule has 0 saturated carbocycles. The van der Waals surface area contributed by atoms with Crippen molar-refractivity contribution in [1.29, 1.82) is 0 Å². The molecule has 2 heteroatoms. The molecule has 8 rings (SSSR count). The fourth-order valence-corrected chi connectivity index (χ4v) is 7.11. The number of nitrogens with zero attached hydrogens (tertiary/aromatic N) is 1. The molecule has 1 aromatic heterocycles. The number of allylic oxidation sites excluding steroid dienone is 2. The first kappa shape index (κ1) is 28.2. The van der Waals surface area contributed by atoms with Gasteiger partial charge in [-0.3, -0.25) is 0 Å². The minimum atomic E-state index is 0.383. The lowest BCUT2D eigenvalue weighted by Crippen LogP contribution is -2.19. The zero-order valence-electron chi connectivity index (χ0n) is 26.3. The summed E-state index contributed by atoms with van der Waals surface area (Å²) in [7, 11) is 0. The molecule has 0 aliphatic heterocycles. The first-order chi connectivity index (χ1) is 22.6. The maximum Gasteiger partial charge on any atom is 0.143 e. The lowest BCUT2D eigenvalue weighted by Gasteiger charge is -2.30. The molecule has 0 fully saturated rings. The number of fused-ring (bicyclic) bond motifs is 3. The van der Waals surface area contributed by atoms with E-state index in [9.17, 15) is 0 Å². The van der Waals surface area contributed by atoms with Gasteiger partial charge in [-0.2, -0.15) is 0 Å². The predicted molar refractivity (Wildman–Crippen MR) is 194 cm³/mol. The number of hydrogen-bond donors (Lipinski definition) is 0. The van der Waals surface area contributed by atoms with Crippen LogP contribution in [0.3, 0.4) is 0 Å². The van der Waals surface area contributed by atoms with Gasteiger partial charge in [0.25, 0.3) is 0 Å². The summed E-state index contributed by atoms with van der Waals surface area (Å²) in [5.74, 6) is 1.61. The monoisotopic (exact) mass is 595 g/mol. The summed E-state index contributed by atoms with van der Waals surface area (Å²) in [4.78, 5) is 2.30. The van der Waals surface area contributed by atoms with Crippen molar-refractivity contribution in [1.82, 2.24) is 0 Å². The van der Waals surface area contributed by atoms with Crippen LogP contribution in [-0.2, 0) is 0 Å². The molecule has 46 heavy (non-hydrogen) atoms. The average Bonchev–Trinajstić information content (AvgIpc) is 3.49. The maximum atomic E-state index is 6.64. The van der Waals surface area contributed by atoms with Crippen molar-refractivity contribution in [3.05, 3.63) is 163 Å². The smallest absolute Gasteiger partial charge is 0.143 e. The molecule has 7 aromatic rings. The van der Waals surface area contributed by atoms with E-state index < -0.39 is 0 Å². The van der Waals surface area contributed by atoms with Crippen molar-refractivity contribution in [2.75, 3.05) is 4.90 Å². The van der Waals surface area contributed by atoms with Crippen LogP contribution in [-0.4, -0.2) is 0 Å². The number of furan rings is 1. The molecule has 0 N–H and O–H groups in total. The summed E-state index contributed by atoms with van der Waals surface area (Å²) < 4.78 is 6.64. The van der Waals surface area contributed by atoms with Crippen LogP contribution in [0.4, 0.5) is 17.1 Å². The average molecular weight is 596 g/mol. The number of para-hydroxylation sites is 2. The highest BCUT2D eigenvalue weighted by Gasteiger charge is 2.27. The van der Waals surface area contributed by atoms with Crippen LogP contribution in [0.1, 0.15) is 31.7 Å². The van der Waals surface area contributed by atoms with Crippen LogP contribution in [0.5, 0.6) is 0 Å². The molecule has 0 spiro atoms. The fraction of sp³-hybridized carbons (Fsp3) is 0.136. The van der Waals surface area contributed by atoms with E-state index in [0.29, 0.717) is 17.8 Å². The molecule has 0 saturated heterocycles. The van der Waals surface area contributed by atoms with E-state index >= 15 is 0 Å². The number of anilines is 3. The predicted octanol–water partition coefficient (Wildman–Crippen LogP) is 12.7. The summed E-state index contributed by atoms with van der Waals surface area (Å²) in [6, 6.07) is 52.1. The standard InChI is InChI=1S/C44H37NO/c1-30-13-12-20-39(31(30)2)35-28-40(33-14-6-3-7-15-33)44-42(29-35)41-27-34(23-26-43(41)46-44)32-21-24-38(25-22-32)45(36-16-8-4-9-17-36)37-18-10-5-11-19-37/h3-12,14-31,39H,13H2,1-2H3. The van der Waals surface area contributed by atoms with Crippen LogP contribution < -0.4 is 4.90 Å². The van der Waals surface area contributed by atoms with Crippen molar-refractivity contribution < 1.29 is 4.42 Å². The summed E-state index contributed by atoms with van der Waals surface area (Å²) in [6.07, 6.45) is 5.94. The maximum absolute atomic E-state index is 6.64. The molecule has 6 aromatic carbocycles. The molecule has 0 radical (unpaired) electrons. The van der Waals surface area contributed by atoms with Crippen LogP contribution in [0.15, 0.2) is 162 Å². The minimum Gasteiger partial charge on any atom is -0.455 e. The van der Waals surface area contributed by atoms with Gasteiger partial charge in [0.05, 0.1) is 0 Å². The van der Waals surface area contributed by atoms with E-state index in [0.717, 1.165) is 45.6 Å². The number of benzene rings is 6. The van der Waals surface area contributed by atoms with E-state index in [1.807, 2.05) is 0 Å². The van der Waals surface area contributed by atoms with Gasteiger partial charge in [0.2, 0.25) is 0 Å². The van der Waals surface area contributed by atoms with Crippen molar-refractivity contribution in [2.24, 2.45) is 11.8 Å². The van der Waals surface area contributed by atoms with Crippen molar-refractivity contribution in [3.63, 3.8) is 0 Å². The molecule has 0 amide bonds. The van der Waals surface area contributed by atoms with Gasteiger partial charge in [-0.15, -0.1) is 0 Å². The SMILES string of the molecule is CC1CC=CC(c2cc(-c3ccccc3)c3oc4ccc(-c5ccc(N(c6ccccc6)c6ccccc6)cc5)cc4c3c2)C1C. The van der Waals surface area contributed by atoms with Gasteiger partial charge >= 0.3 is 0 Å². The topological polar surface area (TPSA) is 16.4 Å². The molecule has 0 bridgehead atoms. The van der Waals surface area contributed by atoms with Gasteiger partial charge in [-0.1, -0.05) is 111 Å². The van der Waals surface area contributed by atoms with Gasteiger partial charge in [-0.25, -0.2) is 0 Å². The Kier molecular flexibility index (Phi) is 7.27. The van der Waals surface area contributed by atoms with Crippen LogP contribution >= 0.6 is 0 Å². The Bertz CT molecular complexity index is 2100. The van der Waals surface area contributed by atoms with Gasteiger partial charge in [0.15, 0.2) is 0 Å². The minimum absolute atomic E-state index is 0.383. The Hall–Kier alpha value is -5.34. The number of rotatable bonds is 6. The second-order valence-electron chi connectivity index (χ2n) is 12.7. The summed E-state index contributed by atoms with van der Waals surface area (Å²) in [5.41, 5.74) is 11.3. The van der Waals surface area contributed by atoms with E-state index in [1.165, 1.54) is 27.6 Å². The number of hydrogen-bond acceptors (Lipinski definition) is 2. The third-order valence-corrected chi connectivity index (χ3v) is 9.87. The van der Waals surface area contributed by atoms with E-state index in [2.05, 4.69) is 176 Å².